The molecule has 0 aliphatic carbocycles. The summed E-state index contributed by atoms with van der Waals surface area (Å²) in [7, 11) is -3.87. The SMILES string of the molecule is Cc1ncc(S(=O)(=O)Nc2ncccc2C(=O)O)s1. The Hall–Kier alpha value is -2.00. The molecule has 19 heavy (non-hydrogen) atoms. The van der Waals surface area contributed by atoms with Gasteiger partial charge in [-0.1, -0.05) is 0 Å². The molecular weight excluding hydrogens is 290 g/mol. The van der Waals surface area contributed by atoms with Crippen molar-refractivity contribution in [2.24, 2.45) is 0 Å². The zero-order valence-corrected chi connectivity index (χ0v) is 11.3. The monoisotopic (exact) mass is 299 g/mol. The highest BCUT2D eigenvalue weighted by molar-refractivity contribution is 7.94. The number of carboxylic acids is 1. The molecule has 0 unspecified atom stereocenters. The molecule has 0 saturated carbocycles. The third-order valence-corrected chi connectivity index (χ3v) is 4.85. The van der Waals surface area contributed by atoms with Gasteiger partial charge in [-0.2, -0.15) is 0 Å². The number of hydrogen-bond acceptors (Lipinski definition) is 6. The molecule has 0 atom stereocenters. The molecule has 0 amide bonds. The number of nitrogens with zero attached hydrogens (tertiary/aromatic N) is 2. The van der Waals surface area contributed by atoms with Gasteiger partial charge >= 0.3 is 5.97 Å². The Labute approximate surface area is 113 Å². The minimum absolute atomic E-state index is 0.00647. The molecule has 0 aromatic carbocycles. The summed E-state index contributed by atoms with van der Waals surface area (Å²) in [6.45, 7) is 1.67. The van der Waals surface area contributed by atoms with Crippen LogP contribution in [0.5, 0.6) is 0 Å². The summed E-state index contributed by atoms with van der Waals surface area (Å²) in [6, 6.07) is 2.68. The molecular formula is C10H9N3O4S2. The summed E-state index contributed by atoms with van der Waals surface area (Å²) in [5.74, 6) is -1.48. The van der Waals surface area contributed by atoms with Crippen molar-refractivity contribution in [2.75, 3.05) is 4.72 Å². The van der Waals surface area contributed by atoms with Crippen molar-refractivity contribution in [3.63, 3.8) is 0 Å². The van der Waals surface area contributed by atoms with E-state index in [1.165, 1.54) is 24.5 Å². The maximum Gasteiger partial charge on any atom is 0.339 e. The van der Waals surface area contributed by atoms with Crippen molar-refractivity contribution in [3.05, 3.63) is 35.1 Å². The summed E-state index contributed by atoms with van der Waals surface area (Å²) >= 11 is 0.991. The molecule has 0 bridgehead atoms. The number of hydrogen-bond donors (Lipinski definition) is 2. The second-order valence-corrected chi connectivity index (χ2v) is 6.65. The van der Waals surface area contributed by atoms with Crippen LogP contribution in [0.1, 0.15) is 15.4 Å². The summed E-state index contributed by atoms with van der Waals surface area (Å²) in [6.07, 6.45) is 2.52. The molecule has 2 aromatic heterocycles. The Kier molecular flexibility index (Phi) is 3.49. The predicted octanol–water partition coefficient (Wildman–Crippen LogP) is 1.35. The molecule has 0 radical (unpaired) electrons. The van der Waals surface area contributed by atoms with Crippen molar-refractivity contribution in [3.8, 4) is 0 Å². The number of sulfonamides is 1. The zero-order valence-electron chi connectivity index (χ0n) is 9.69. The van der Waals surface area contributed by atoms with E-state index in [2.05, 4.69) is 14.7 Å². The number of anilines is 1. The van der Waals surface area contributed by atoms with Gasteiger partial charge in [0.1, 0.15) is 5.56 Å². The topological polar surface area (TPSA) is 109 Å². The lowest BCUT2D eigenvalue weighted by molar-refractivity contribution is 0.0697. The van der Waals surface area contributed by atoms with Gasteiger partial charge in [0, 0.05) is 6.20 Å². The van der Waals surface area contributed by atoms with Crippen molar-refractivity contribution < 1.29 is 18.3 Å². The van der Waals surface area contributed by atoms with Crippen LogP contribution in [0.15, 0.2) is 28.7 Å². The number of aromatic nitrogens is 2. The quantitative estimate of drug-likeness (QED) is 0.881. The molecule has 2 rings (SSSR count). The average Bonchev–Trinajstić information content (AvgIpc) is 2.76. The molecule has 0 aliphatic heterocycles. The van der Waals surface area contributed by atoms with E-state index in [-0.39, 0.29) is 15.6 Å². The van der Waals surface area contributed by atoms with Crippen LogP contribution in [0.3, 0.4) is 0 Å². The number of rotatable bonds is 4. The van der Waals surface area contributed by atoms with Gasteiger partial charge in [0.25, 0.3) is 10.0 Å². The Balaban J connectivity index is 2.39. The van der Waals surface area contributed by atoms with Gasteiger partial charge in [-0.25, -0.2) is 23.2 Å². The summed E-state index contributed by atoms with van der Waals surface area (Å²) in [5, 5.41) is 9.55. The molecule has 0 fully saturated rings. The summed E-state index contributed by atoms with van der Waals surface area (Å²) in [5.41, 5.74) is -0.215. The second-order valence-electron chi connectivity index (χ2n) is 3.51. The number of aromatic carboxylic acids is 1. The first-order valence-corrected chi connectivity index (χ1v) is 7.33. The number of thiazole rings is 1. The third-order valence-electron chi connectivity index (χ3n) is 2.13. The van der Waals surface area contributed by atoms with E-state index in [0.29, 0.717) is 5.01 Å². The number of pyridine rings is 1. The highest BCUT2D eigenvalue weighted by Crippen LogP contribution is 2.22. The molecule has 9 heteroatoms. The van der Waals surface area contributed by atoms with E-state index in [9.17, 15) is 13.2 Å². The first-order valence-electron chi connectivity index (χ1n) is 5.04. The van der Waals surface area contributed by atoms with Crippen molar-refractivity contribution in [2.45, 2.75) is 11.1 Å². The normalized spacial score (nSPS) is 11.2. The minimum Gasteiger partial charge on any atom is -0.478 e. The van der Waals surface area contributed by atoms with Crippen LogP contribution in [0.4, 0.5) is 5.82 Å². The van der Waals surface area contributed by atoms with Gasteiger partial charge in [-0.3, -0.25) is 4.72 Å². The number of aryl methyl sites for hydroxylation is 1. The molecule has 100 valence electrons. The summed E-state index contributed by atoms with van der Waals surface area (Å²) < 4.78 is 26.2. The standard InChI is InChI=1S/C10H9N3O4S2/c1-6-12-5-8(18-6)19(16,17)13-9-7(10(14)15)3-2-4-11-9/h2-5H,1H3,(H,11,13)(H,14,15). The fraction of sp³-hybridized carbons (Fsp3) is 0.100. The van der Waals surface area contributed by atoms with Gasteiger partial charge in [-0.05, 0) is 19.1 Å². The van der Waals surface area contributed by atoms with Crippen molar-refractivity contribution >= 4 is 33.1 Å². The van der Waals surface area contributed by atoms with Crippen LogP contribution in [0.2, 0.25) is 0 Å². The summed E-state index contributed by atoms with van der Waals surface area (Å²) in [4.78, 5) is 18.5. The Morgan fingerprint density at radius 2 is 2.16 bits per heavy atom. The van der Waals surface area contributed by atoms with E-state index in [1.807, 2.05) is 0 Å². The molecule has 0 spiro atoms. The van der Waals surface area contributed by atoms with Crippen molar-refractivity contribution in [1.29, 1.82) is 0 Å². The van der Waals surface area contributed by atoms with Gasteiger partial charge < -0.3 is 5.11 Å². The van der Waals surface area contributed by atoms with Crippen molar-refractivity contribution in [1.82, 2.24) is 9.97 Å². The highest BCUT2D eigenvalue weighted by Gasteiger charge is 2.21. The third kappa shape index (κ3) is 2.88. The second kappa shape index (κ2) is 4.94. The number of carbonyl (C=O) groups is 1. The number of carboxylic acid groups (broad SMARTS) is 1. The molecule has 0 aliphatic rings. The van der Waals surface area contributed by atoms with E-state index in [0.717, 1.165) is 11.3 Å². The van der Waals surface area contributed by atoms with Gasteiger partial charge in [0.2, 0.25) is 0 Å². The highest BCUT2D eigenvalue weighted by atomic mass is 32.2. The van der Waals surface area contributed by atoms with Crippen LogP contribution < -0.4 is 4.72 Å². The number of nitrogens with one attached hydrogen (secondary N) is 1. The lowest BCUT2D eigenvalue weighted by Gasteiger charge is -2.07. The lowest BCUT2D eigenvalue weighted by atomic mass is 10.3. The van der Waals surface area contributed by atoms with Gasteiger partial charge in [0.15, 0.2) is 10.0 Å². The van der Waals surface area contributed by atoms with Crippen LogP contribution in [0.25, 0.3) is 0 Å². The van der Waals surface area contributed by atoms with E-state index in [1.54, 1.807) is 6.92 Å². The maximum absolute atomic E-state index is 12.0. The fourth-order valence-electron chi connectivity index (χ4n) is 1.30. The molecule has 2 heterocycles. The largest absolute Gasteiger partial charge is 0.478 e. The maximum atomic E-state index is 12.0. The molecule has 2 aromatic rings. The van der Waals surface area contributed by atoms with Crippen LogP contribution >= 0.6 is 11.3 Å². The molecule has 7 nitrogen and oxygen atoms in total. The van der Waals surface area contributed by atoms with Gasteiger partial charge in [0.05, 0.1) is 11.2 Å². The minimum atomic E-state index is -3.87. The Morgan fingerprint density at radius 3 is 2.74 bits per heavy atom. The van der Waals surface area contributed by atoms with E-state index < -0.39 is 16.0 Å². The molecule has 2 N–H and O–H groups in total. The molecule has 0 saturated heterocycles. The average molecular weight is 299 g/mol. The Morgan fingerprint density at radius 1 is 1.42 bits per heavy atom. The smallest absolute Gasteiger partial charge is 0.339 e. The lowest BCUT2D eigenvalue weighted by Crippen LogP contribution is -2.15. The van der Waals surface area contributed by atoms with Gasteiger partial charge in [-0.15, -0.1) is 11.3 Å². The van der Waals surface area contributed by atoms with Crippen LogP contribution in [-0.4, -0.2) is 29.5 Å². The first kappa shape index (κ1) is 13.4. The van der Waals surface area contributed by atoms with Crippen LogP contribution in [0, 0.1) is 6.92 Å². The predicted molar refractivity (Wildman–Crippen MR) is 68.9 cm³/mol. The van der Waals surface area contributed by atoms with Crippen LogP contribution in [-0.2, 0) is 10.0 Å². The van der Waals surface area contributed by atoms with E-state index >= 15 is 0 Å². The first-order chi connectivity index (χ1) is 8.90. The fourth-order valence-corrected chi connectivity index (χ4v) is 3.44. The Bertz CT molecular complexity index is 724. The van der Waals surface area contributed by atoms with E-state index in [4.69, 9.17) is 5.11 Å². The zero-order chi connectivity index (χ0) is 14.0.